The average molecular weight is 189 g/mol. The molecule has 1 nitrogen and oxygen atoms in total. The van der Waals surface area contributed by atoms with Crippen molar-refractivity contribution in [1.82, 2.24) is 5.32 Å². The van der Waals surface area contributed by atoms with Crippen LogP contribution in [0.1, 0.15) is 44.9 Å². The first-order valence-corrected chi connectivity index (χ1v) is 6.06. The molecule has 0 aliphatic heterocycles. The van der Waals surface area contributed by atoms with Crippen molar-refractivity contribution in [2.75, 3.05) is 0 Å². The fourth-order valence-electron chi connectivity index (χ4n) is 2.68. The second kappa shape index (κ2) is 3.54. The summed E-state index contributed by atoms with van der Waals surface area (Å²) in [6.07, 6.45) is 14.3. The van der Waals surface area contributed by atoms with E-state index in [0.717, 1.165) is 12.1 Å². The van der Waals surface area contributed by atoms with Gasteiger partial charge in [0, 0.05) is 12.1 Å². The van der Waals surface area contributed by atoms with Crippen LogP contribution in [0.25, 0.3) is 0 Å². The van der Waals surface area contributed by atoms with Crippen molar-refractivity contribution < 1.29 is 0 Å². The van der Waals surface area contributed by atoms with Gasteiger partial charge in [-0.25, -0.2) is 0 Å². The van der Waals surface area contributed by atoms with Gasteiger partial charge < -0.3 is 5.32 Å². The van der Waals surface area contributed by atoms with Crippen molar-refractivity contribution in [2.45, 2.75) is 57.0 Å². The number of hydrogen-bond acceptors (Lipinski definition) is 1. The van der Waals surface area contributed by atoms with Gasteiger partial charge in [0.25, 0.3) is 0 Å². The van der Waals surface area contributed by atoms with Crippen LogP contribution in [-0.2, 0) is 0 Å². The highest BCUT2D eigenvalue weighted by Gasteiger charge is 2.28. The lowest BCUT2D eigenvalue weighted by Gasteiger charge is -2.29. The van der Waals surface area contributed by atoms with Gasteiger partial charge in [0.05, 0.1) is 0 Å². The molecule has 76 valence electrons. The first-order chi connectivity index (χ1) is 6.92. The summed E-state index contributed by atoms with van der Waals surface area (Å²) in [5, 5.41) is 3.76. The Morgan fingerprint density at radius 2 is 1.71 bits per heavy atom. The zero-order valence-electron chi connectivity index (χ0n) is 8.76. The first kappa shape index (κ1) is 8.72. The Kier molecular flexibility index (Phi) is 2.21. The maximum absolute atomic E-state index is 3.76. The Morgan fingerprint density at radius 3 is 2.50 bits per heavy atom. The standard InChI is InChI=1S/C13H19N/c1-2-4-11-9-13(14-12-7-8-12)6-5-10(11)3-1/h3-4,12-14H,1-2,5-9H2. The van der Waals surface area contributed by atoms with Crippen LogP contribution in [-0.4, -0.2) is 12.1 Å². The zero-order chi connectivity index (χ0) is 9.38. The van der Waals surface area contributed by atoms with Crippen LogP contribution in [0, 0.1) is 0 Å². The van der Waals surface area contributed by atoms with E-state index in [9.17, 15) is 0 Å². The number of fused-ring (bicyclic) bond motifs is 1. The van der Waals surface area contributed by atoms with E-state index < -0.39 is 0 Å². The summed E-state index contributed by atoms with van der Waals surface area (Å²) in [4.78, 5) is 0. The third kappa shape index (κ3) is 1.78. The Labute approximate surface area is 86.3 Å². The highest BCUT2D eigenvalue weighted by atomic mass is 15.0. The van der Waals surface area contributed by atoms with E-state index in [1.165, 1.54) is 44.9 Å². The summed E-state index contributed by atoms with van der Waals surface area (Å²) in [6, 6.07) is 1.65. The fraction of sp³-hybridized carbons (Fsp3) is 0.692. The number of nitrogens with one attached hydrogen (secondary N) is 1. The minimum absolute atomic E-state index is 0.781. The van der Waals surface area contributed by atoms with E-state index in [-0.39, 0.29) is 0 Å². The molecule has 3 aliphatic carbocycles. The molecule has 0 spiro atoms. The molecule has 3 aliphatic rings. The third-order valence-electron chi connectivity index (χ3n) is 3.64. The van der Waals surface area contributed by atoms with E-state index >= 15 is 0 Å². The van der Waals surface area contributed by atoms with Crippen molar-refractivity contribution in [3.63, 3.8) is 0 Å². The second-order valence-corrected chi connectivity index (χ2v) is 4.92. The van der Waals surface area contributed by atoms with Gasteiger partial charge in [0.1, 0.15) is 0 Å². The maximum Gasteiger partial charge on any atom is 0.0113 e. The lowest BCUT2D eigenvalue weighted by molar-refractivity contribution is 0.451. The summed E-state index contributed by atoms with van der Waals surface area (Å²) < 4.78 is 0. The topological polar surface area (TPSA) is 12.0 Å². The van der Waals surface area contributed by atoms with E-state index in [2.05, 4.69) is 17.5 Å². The smallest absolute Gasteiger partial charge is 0.0113 e. The molecule has 0 amide bonds. The molecule has 0 aromatic carbocycles. The van der Waals surface area contributed by atoms with Crippen LogP contribution in [0.4, 0.5) is 0 Å². The van der Waals surface area contributed by atoms with Crippen LogP contribution < -0.4 is 5.32 Å². The SMILES string of the molecule is C1=C2CCC(NC3CC3)CC2=CCC1. The van der Waals surface area contributed by atoms with Crippen LogP contribution in [0.2, 0.25) is 0 Å². The molecule has 3 rings (SSSR count). The monoisotopic (exact) mass is 189 g/mol. The van der Waals surface area contributed by atoms with Crippen LogP contribution >= 0.6 is 0 Å². The molecule has 0 aromatic heterocycles. The van der Waals surface area contributed by atoms with E-state index in [0.29, 0.717) is 0 Å². The van der Waals surface area contributed by atoms with E-state index in [1.54, 1.807) is 11.1 Å². The molecule has 14 heavy (non-hydrogen) atoms. The molecule has 2 fully saturated rings. The molecule has 0 heterocycles. The van der Waals surface area contributed by atoms with E-state index in [1.807, 2.05) is 0 Å². The van der Waals surface area contributed by atoms with Gasteiger partial charge in [-0.2, -0.15) is 0 Å². The van der Waals surface area contributed by atoms with E-state index in [4.69, 9.17) is 0 Å². The molecule has 1 atom stereocenters. The lowest BCUT2D eigenvalue weighted by Crippen LogP contribution is -2.34. The van der Waals surface area contributed by atoms with Crippen molar-refractivity contribution in [2.24, 2.45) is 0 Å². The maximum atomic E-state index is 3.76. The Morgan fingerprint density at radius 1 is 0.929 bits per heavy atom. The third-order valence-corrected chi connectivity index (χ3v) is 3.64. The van der Waals surface area contributed by atoms with Crippen molar-refractivity contribution in [1.29, 1.82) is 0 Å². The normalized spacial score (nSPS) is 31.9. The summed E-state index contributed by atoms with van der Waals surface area (Å²) in [5.41, 5.74) is 3.31. The molecule has 0 radical (unpaired) electrons. The second-order valence-electron chi connectivity index (χ2n) is 4.92. The van der Waals surface area contributed by atoms with Crippen LogP contribution in [0.5, 0.6) is 0 Å². The lowest BCUT2D eigenvalue weighted by atomic mass is 9.82. The van der Waals surface area contributed by atoms with Gasteiger partial charge in [-0.05, 0) is 56.1 Å². The molecule has 1 N–H and O–H groups in total. The fourth-order valence-corrected chi connectivity index (χ4v) is 2.68. The van der Waals surface area contributed by atoms with Crippen molar-refractivity contribution in [3.05, 3.63) is 23.3 Å². The average Bonchev–Trinajstić information content (AvgIpc) is 3.02. The molecule has 2 saturated carbocycles. The molecule has 1 unspecified atom stereocenters. The van der Waals surface area contributed by atoms with Crippen LogP contribution in [0.3, 0.4) is 0 Å². The predicted molar refractivity (Wildman–Crippen MR) is 59.2 cm³/mol. The Hall–Kier alpha value is -0.560. The minimum Gasteiger partial charge on any atom is -0.311 e. The Bertz CT molecular complexity index is 284. The summed E-state index contributed by atoms with van der Waals surface area (Å²) in [7, 11) is 0. The van der Waals surface area contributed by atoms with Crippen LogP contribution in [0.15, 0.2) is 23.3 Å². The molecular formula is C13H19N. The quantitative estimate of drug-likeness (QED) is 0.704. The summed E-state index contributed by atoms with van der Waals surface area (Å²) >= 11 is 0. The Balaban J connectivity index is 1.64. The molecular weight excluding hydrogens is 170 g/mol. The van der Waals surface area contributed by atoms with Gasteiger partial charge >= 0.3 is 0 Å². The number of allylic oxidation sites excluding steroid dienone is 3. The molecule has 0 aromatic rings. The highest BCUT2D eigenvalue weighted by molar-refractivity contribution is 5.36. The number of rotatable bonds is 2. The molecule has 1 heteroatoms. The molecule has 0 saturated heterocycles. The largest absolute Gasteiger partial charge is 0.311 e. The van der Waals surface area contributed by atoms with Gasteiger partial charge in [-0.3, -0.25) is 0 Å². The minimum atomic E-state index is 0.781. The van der Waals surface area contributed by atoms with Gasteiger partial charge in [-0.1, -0.05) is 12.2 Å². The van der Waals surface area contributed by atoms with Gasteiger partial charge in [0.15, 0.2) is 0 Å². The predicted octanol–water partition coefficient (Wildman–Crippen LogP) is 2.94. The number of hydrogen-bond donors (Lipinski definition) is 1. The van der Waals surface area contributed by atoms with Gasteiger partial charge in [-0.15, -0.1) is 0 Å². The van der Waals surface area contributed by atoms with Crippen molar-refractivity contribution >= 4 is 0 Å². The van der Waals surface area contributed by atoms with Gasteiger partial charge in [0.2, 0.25) is 0 Å². The molecule has 0 bridgehead atoms. The zero-order valence-corrected chi connectivity index (χ0v) is 8.76. The highest BCUT2D eigenvalue weighted by Crippen LogP contribution is 2.34. The summed E-state index contributed by atoms with van der Waals surface area (Å²) in [5.74, 6) is 0. The first-order valence-electron chi connectivity index (χ1n) is 6.06. The van der Waals surface area contributed by atoms with Crippen molar-refractivity contribution in [3.8, 4) is 0 Å². The summed E-state index contributed by atoms with van der Waals surface area (Å²) in [6.45, 7) is 0.